The standard InChI is InChI=1S/C15H21N3OS/c1-4-7-19-14-8-12(5-6-13(14)16)18-11(3)15-17-10(2)9-20-15/h5-6,8-9,11,18H,4,7,16H2,1-3H3. The molecule has 108 valence electrons. The second-order valence-electron chi connectivity index (χ2n) is 4.79. The Balaban J connectivity index is 2.09. The van der Waals surface area contributed by atoms with Crippen molar-refractivity contribution in [3.05, 3.63) is 34.3 Å². The number of nitrogens with two attached hydrogens (primary N) is 1. The number of hydrogen-bond donors (Lipinski definition) is 2. The number of aromatic nitrogens is 1. The number of nitrogens with zero attached hydrogens (tertiary/aromatic N) is 1. The maximum absolute atomic E-state index is 5.91. The summed E-state index contributed by atoms with van der Waals surface area (Å²) in [7, 11) is 0. The van der Waals surface area contributed by atoms with Gasteiger partial charge in [-0.2, -0.15) is 0 Å². The average Bonchev–Trinajstić information content (AvgIpc) is 2.86. The van der Waals surface area contributed by atoms with Gasteiger partial charge < -0.3 is 15.8 Å². The van der Waals surface area contributed by atoms with Gasteiger partial charge in [0.2, 0.25) is 0 Å². The van der Waals surface area contributed by atoms with E-state index in [-0.39, 0.29) is 6.04 Å². The molecule has 0 aliphatic heterocycles. The maximum Gasteiger partial charge on any atom is 0.144 e. The van der Waals surface area contributed by atoms with Crippen LogP contribution in [0.2, 0.25) is 0 Å². The zero-order chi connectivity index (χ0) is 14.5. The fourth-order valence-electron chi connectivity index (χ4n) is 1.84. The number of nitrogen functional groups attached to an aromatic ring is 1. The van der Waals surface area contributed by atoms with Crippen LogP contribution in [0.1, 0.15) is 37.0 Å². The van der Waals surface area contributed by atoms with Crippen LogP contribution in [0.3, 0.4) is 0 Å². The van der Waals surface area contributed by atoms with Gasteiger partial charge in [-0.25, -0.2) is 4.98 Å². The van der Waals surface area contributed by atoms with Gasteiger partial charge in [-0.15, -0.1) is 11.3 Å². The highest BCUT2D eigenvalue weighted by Gasteiger charge is 2.10. The summed E-state index contributed by atoms with van der Waals surface area (Å²) in [6.45, 7) is 6.86. The first-order valence-corrected chi connectivity index (χ1v) is 7.69. The van der Waals surface area contributed by atoms with Gasteiger partial charge in [0.1, 0.15) is 10.8 Å². The van der Waals surface area contributed by atoms with E-state index in [1.165, 1.54) is 0 Å². The normalized spacial score (nSPS) is 12.2. The number of hydrogen-bond acceptors (Lipinski definition) is 5. The van der Waals surface area contributed by atoms with Crippen LogP contribution in [0.15, 0.2) is 23.6 Å². The molecule has 0 aliphatic carbocycles. The second-order valence-corrected chi connectivity index (χ2v) is 5.68. The van der Waals surface area contributed by atoms with Crippen LogP contribution >= 0.6 is 11.3 Å². The second kappa shape index (κ2) is 6.61. The van der Waals surface area contributed by atoms with Crippen LogP contribution in [-0.2, 0) is 0 Å². The van der Waals surface area contributed by atoms with Crippen LogP contribution in [0.25, 0.3) is 0 Å². The van der Waals surface area contributed by atoms with Crippen molar-refractivity contribution in [1.29, 1.82) is 0 Å². The van der Waals surface area contributed by atoms with E-state index in [0.29, 0.717) is 12.3 Å². The SMILES string of the molecule is CCCOc1cc(NC(C)c2nc(C)cs2)ccc1N. The molecule has 1 aromatic carbocycles. The summed E-state index contributed by atoms with van der Waals surface area (Å²) in [5.41, 5.74) is 8.63. The van der Waals surface area contributed by atoms with E-state index in [2.05, 4.69) is 29.5 Å². The summed E-state index contributed by atoms with van der Waals surface area (Å²) in [5.74, 6) is 0.736. The summed E-state index contributed by atoms with van der Waals surface area (Å²) in [6, 6.07) is 5.94. The molecule has 0 aliphatic rings. The molecule has 3 N–H and O–H groups in total. The molecule has 5 heteroatoms. The number of thiazole rings is 1. The Labute approximate surface area is 124 Å². The molecular weight excluding hydrogens is 270 g/mol. The van der Waals surface area contributed by atoms with Crippen molar-refractivity contribution in [2.45, 2.75) is 33.2 Å². The topological polar surface area (TPSA) is 60.2 Å². The largest absolute Gasteiger partial charge is 0.491 e. The zero-order valence-electron chi connectivity index (χ0n) is 12.1. The summed E-state index contributed by atoms with van der Waals surface area (Å²) in [6.07, 6.45) is 0.964. The Hall–Kier alpha value is -1.75. The molecule has 0 fully saturated rings. The first-order valence-electron chi connectivity index (χ1n) is 6.81. The van der Waals surface area contributed by atoms with E-state index in [9.17, 15) is 0 Å². The van der Waals surface area contributed by atoms with Crippen molar-refractivity contribution in [1.82, 2.24) is 4.98 Å². The van der Waals surface area contributed by atoms with E-state index >= 15 is 0 Å². The van der Waals surface area contributed by atoms with Gasteiger partial charge in [0.15, 0.2) is 0 Å². The lowest BCUT2D eigenvalue weighted by molar-refractivity contribution is 0.319. The lowest BCUT2D eigenvalue weighted by Crippen LogP contribution is -2.07. The van der Waals surface area contributed by atoms with E-state index < -0.39 is 0 Å². The minimum Gasteiger partial charge on any atom is -0.491 e. The van der Waals surface area contributed by atoms with Crippen LogP contribution in [-0.4, -0.2) is 11.6 Å². The summed E-state index contributed by atoms with van der Waals surface area (Å²) in [4.78, 5) is 4.50. The van der Waals surface area contributed by atoms with E-state index in [0.717, 1.165) is 28.6 Å². The first kappa shape index (κ1) is 14.7. The molecule has 20 heavy (non-hydrogen) atoms. The van der Waals surface area contributed by atoms with E-state index in [1.54, 1.807) is 11.3 Å². The Morgan fingerprint density at radius 2 is 2.25 bits per heavy atom. The predicted octanol–water partition coefficient (Wildman–Crippen LogP) is 4.00. The van der Waals surface area contributed by atoms with Crippen molar-refractivity contribution in [3.63, 3.8) is 0 Å². The summed E-state index contributed by atoms with van der Waals surface area (Å²) in [5, 5.41) is 6.57. The highest BCUT2D eigenvalue weighted by molar-refractivity contribution is 7.09. The smallest absolute Gasteiger partial charge is 0.144 e. The molecule has 0 amide bonds. The highest BCUT2D eigenvalue weighted by atomic mass is 32.1. The Kier molecular flexibility index (Phi) is 4.84. The molecule has 1 atom stereocenters. The molecule has 0 saturated heterocycles. The number of rotatable bonds is 6. The summed E-state index contributed by atoms with van der Waals surface area (Å²) < 4.78 is 5.64. The third-order valence-corrected chi connectivity index (χ3v) is 4.01. The van der Waals surface area contributed by atoms with Gasteiger partial charge in [-0.3, -0.25) is 0 Å². The van der Waals surface area contributed by atoms with Crippen molar-refractivity contribution >= 4 is 22.7 Å². The van der Waals surface area contributed by atoms with Gasteiger partial charge in [-0.05, 0) is 32.4 Å². The molecule has 1 unspecified atom stereocenters. The fraction of sp³-hybridized carbons (Fsp3) is 0.400. The third kappa shape index (κ3) is 3.63. The molecular formula is C15H21N3OS. The molecule has 4 nitrogen and oxygen atoms in total. The van der Waals surface area contributed by atoms with Crippen LogP contribution < -0.4 is 15.8 Å². The minimum atomic E-state index is 0.163. The van der Waals surface area contributed by atoms with Crippen molar-refractivity contribution < 1.29 is 4.74 Å². The van der Waals surface area contributed by atoms with Crippen LogP contribution in [0.4, 0.5) is 11.4 Å². The lowest BCUT2D eigenvalue weighted by Gasteiger charge is -2.15. The Bertz CT molecular complexity index is 568. The molecule has 0 spiro atoms. The molecule has 2 aromatic rings. The number of ether oxygens (including phenoxy) is 1. The predicted molar refractivity (Wildman–Crippen MR) is 85.5 cm³/mol. The molecule has 1 heterocycles. The molecule has 1 aromatic heterocycles. The van der Waals surface area contributed by atoms with Crippen molar-refractivity contribution in [2.24, 2.45) is 0 Å². The molecule has 0 radical (unpaired) electrons. The Morgan fingerprint density at radius 1 is 1.45 bits per heavy atom. The average molecular weight is 291 g/mol. The number of aryl methyl sites for hydroxylation is 1. The maximum atomic E-state index is 5.91. The molecule has 0 bridgehead atoms. The Morgan fingerprint density at radius 3 is 2.90 bits per heavy atom. The monoisotopic (exact) mass is 291 g/mol. The third-order valence-electron chi connectivity index (χ3n) is 2.87. The van der Waals surface area contributed by atoms with Gasteiger partial charge in [0.05, 0.1) is 18.3 Å². The fourth-order valence-corrected chi connectivity index (χ4v) is 2.65. The number of benzene rings is 1. The quantitative estimate of drug-likeness (QED) is 0.790. The number of nitrogens with one attached hydrogen (secondary N) is 1. The van der Waals surface area contributed by atoms with Gasteiger partial charge in [-0.1, -0.05) is 6.92 Å². The van der Waals surface area contributed by atoms with Gasteiger partial charge in [0, 0.05) is 22.8 Å². The minimum absolute atomic E-state index is 0.163. The number of anilines is 2. The molecule has 2 rings (SSSR count). The van der Waals surface area contributed by atoms with Crippen molar-refractivity contribution in [3.8, 4) is 5.75 Å². The van der Waals surface area contributed by atoms with E-state index in [1.807, 2.05) is 25.1 Å². The first-order chi connectivity index (χ1) is 9.60. The lowest BCUT2D eigenvalue weighted by atomic mass is 10.2. The van der Waals surface area contributed by atoms with Gasteiger partial charge >= 0.3 is 0 Å². The van der Waals surface area contributed by atoms with Gasteiger partial charge in [0.25, 0.3) is 0 Å². The van der Waals surface area contributed by atoms with E-state index in [4.69, 9.17) is 10.5 Å². The summed E-state index contributed by atoms with van der Waals surface area (Å²) >= 11 is 1.67. The zero-order valence-corrected chi connectivity index (χ0v) is 13.0. The van der Waals surface area contributed by atoms with Crippen LogP contribution in [0, 0.1) is 6.92 Å². The highest BCUT2D eigenvalue weighted by Crippen LogP contribution is 2.28. The molecule has 0 saturated carbocycles. The van der Waals surface area contributed by atoms with Crippen molar-refractivity contribution in [2.75, 3.05) is 17.7 Å². The van der Waals surface area contributed by atoms with Crippen LogP contribution in [0.5, 0.6) is 5.75 Å².